The Bertz CT molecular complexity index is 1150. The highest BCUT2D eigenvalue weighted by atomic mass is 32.2. The van der Waals surface area contributed by atoms with Gasteiger partial charge < -0.3 is 19.3 Å². The summed E-state index contributed by atoms with van der Waals surface area (Å²) in [6, 6.07) is 18.6. The molecule has 1 amide bonds. The monoisotopic (exact) mass is 575 g/mol. The van der Waals surface area contributed by atoms with Crippen LogP contribution in [-0.2, 0) is 34.8 Å². The average molecular weight is 576 g/mol. The zero-order valence-corrected chi connectivity index (χ0v) is 24.5. The zero-order valence-electron chi connectivity index (χ0n) is 22.8. The van der Waals surface area contributed by atoms with Crippen molar-refractivity contribution in [3.8, 4) is 0 Å². The molecule has 2 aromatic carbocycles. The van der Waals surface area contributed by atoms with Crippen molar-refractivity contribution >= 4 is 37.0 Å². The van der Waals surface area contributed by atoms with Gasteiger partial charge in [0.25, 0.3) is 0 Å². The summed E-state index contributed by atoms with van der Waals surface area (Å²) in [6.07, 6.45) is 1.90. The van der Waals surface area contributed by atoms with Gasteiger partial charge in [0.2, 0.25) is 20.1 Å². The van der Waals surface area contributed by atoms with E-state index in [2.05, 4.69) is 0 Å². The minimum atomic E-state index is -3.74. The standard InChI is InChI=1S/C29H38NO7PS/c1-29(2,3)28(33)37-21-36-27(32)25-18-24(39-23-15-8-5-9-16-23)19-30(25)26(31)20-38(34,35)17-11-10-14-22-12-6-4-7-13-22/h4-9,12-13,15-16,24-25H,10-11,14,17-21H2,1-3H3,(H,34,35)/t24-,25-/m0/s1. The van der Waals surface area contributed by atoms with Crippen LogP contribution in [0.15, 0.2) is 65.6 Å². The molecule has 3 rings (SSSR count). The summed E-state index contributed by atoms with van der Waals surface area (Å²) in [6.45, 7) is 4.76. The van der Waals surface area contributed by atoms with Crippen LogP contribution in [0.3, 0.4) is 0 Å². The van der Waals surface area contributed by atoms with Crippen molar-refractivity contribution in [2.75, 3.05) is 25.7 Å². The number of benzene rings is 2. The molecule has 39 heavy (non-hydrogen) atoms. The first-order valence-electron chi connectivity index (χ1n) is 13.1. The van der Waals surface area contributed by atoms with Gasteiger partial charge >= 0.3 is 11.9 Å². The maximum Gasteiger partial charge on any atom is 0.331 e. The predicted molar refractivity (Wildman–Crippen MR) is 152 cm³/mol. The first kappa shape index (κ1) is 30.9. The van der Waals surface area contributed by atoms with Crippen LogP contribution in [-0.4, -0.2) is 64.6 Å². The molecule has 212 valence electrons. The average Bonchev–Trinajstić information content (AvgIpc) is 3.31. The third kappa shape index (κ3) is 10.1. The molecule has 0 saturated carbocycles. The van der Waals surface area contributed by atoms with Gasteiger partial charge in [-0.3, -0.25) is 14.2 Å². The van der Waals surface area contributed by atoms with Crippen LogP contribution in [0.2, 0.25) is 0 Å². The molecule has 0 radical (unpaired) electrons. The smallest absolute Gasteiger partial charge is 0.331 e. The highest BCUT2D eigenvalue weighted by molar-refractivity contribution is 8.00. The minimum absolute atomic E-state index is 0.0411. The Balaban J connectivity index is 1.59. The molecular formula is C29H38NO7PS. The summed E-state index contributed by atoms with van der Waals surface area (Å²) in [5.41, 5.74) is 0.414. The van der Waals surface area contributed by atoms with E-state index in [9.17, 15) is 23.8 Å². The molecule has 0 bridgehead atoms. The number of likely N-dealkylation sites (tertiary alicyclic amines) is 1. The summed E-state index contributed by atoms with van der Waals surface area (Å²) >= 11 is 1.54. The third-order valence-corrected chi connectivity index (χ3v) is 9.35. The van der Waals surface area contributed by atoms with E-state index < -0.39 is 49.6 Å². The van der Waals surface area contributed by atoms with Crippen molar-refractivity contribution in [1.82, 2.24) is 4.90 Å². The molecule has 1 heterocycles. The van der Waals surface area contributed by atoms with Crippen LogP contribution in [0.4, 0.5) is 0 Å². The first-order valence-corrected chi connectivity index (χ1v) is 16.1. The Kier molecular flexibility index (Phi) is 11.2. The van der Waals surface area contributed by atoms with Gasteiger partial charge in [0.15, 0.2) is 0 Å². The number of nitrogens with zero attached hydrogens (tertiary/aromatic N) is 1. The summed E-state index contributed by atoms with van der Waals surface area (Å²) < 4.78 is 23.2. The maximum atomic E-state index is 13.2. The number of hydrogen-bond donors (Lipinski definition) is 1. The Labute approximate surface area is 234 Å². The molecule has 1 fully saturated rings. The van der Waals surface area contributed by atoms with Crippen molar-refractivity contribution in [3.63, 3.8) is 0 Å². The van der Waals surface area contributed by atoms with Crippen LogP contribution in [0, 0.1) is 5.41 Å². The van der Waals surface area contributed by atoms with Gasteiger partial charge in [0.1, 0.15) is 12.2 Å². The van der Waals surface area contributed by atoms with E-state index in [0.717, 1.165) is 23.3 Å². The Morgan fingerprint density at radius 2 is 1.64 bits per heavy atom. The molecule has 1 aliphatic rings. The van der Waals surface area contributed by atoms with E-state index in [1.807, 2.05) is 60.7 Å². The second-order valence-electron chi connectivity index (χ2n) is 10.8. The lowest BCUT2D eigenvalue weighted by molar-refractivity contribution is -0.176. The molecular weight excluding hydrogens is 537 g/mol. The lowest BCUT2D eigenvalue weighted by Gasteiger charge is -2.24. The van der Waals surface area contributed by atoms with E-state index in [1.165, 1.54) is 16.7 Å². The molecule has 0 aliphatic carbocycles. The second kappa shape index (κ2) is 14.1. The van der Waals surface area contributed by atoms with E-state index in [4.69, 9.17) is 9.47 Å². The van der Waals surface area contributed by atoms with Gasteiger partial charge in [0.05, 0.1) is 5.41 Å². The van der Waals surface area contributed by atoms with Crippen molar-refractivity contribution in [1.29, 1.82) is 0 Å². The van der Waals surface area contributed by atoms with Gasteiger partial charge in [-0.25, -0.2) is 4.79 Å². The van der Waals surface area contributed by atoms with Gasteiger partial charge in [-0.15, -0.1) is 11.8 Å². The van der Waals surface area contributed by atoms with Crippen LogP contribution in [0.1, 0.15) is 45.6 Å². The van der Waals surface area contributed by atoms with Crippen molar-refractivity contribution in [2.45, 2.75) is 62.6 Å². The molecule has 8 nitrogen and oxygen atoms in total. The predicted octanol–water partition coefficient (Wildman–Crippen LogP) is 5.13. The third-order valence-electron chi connectivity index (χ3n) is 6.35. The van der Waals surface area contributed by atoms with E-state index >= 15 is 0 Å². The fourth-order valence-electron chi connectivity index (χ4n) is 4.24. The van der Waals surface area contributed by atoms with Gasteiger partial charge in [-0.05, 0) is 64.2 Å². The largest absolute Gasteiger partial charge is 0.427 e. The number of rotatable bonds is 12. The summed E-state index contributed by atoms with van der Waals surface area (Å²) in [4.78, 5) is 51.1. The molecule has 1 N–H and O–H groups in total. The number of carbonyl (C=O) groups is 3. The second-order valence-corrected chi connectivity index (χ2v) is 14.6. The zero-order chi connectivity index (χ0) is 28.5. The highest BCUT2D eigenvalue weighted by Crippen LogP contribution is 2.43. The Morgan fingerprint density at radius 3 is 2.28 bits per heavy atom. The lowest BCUT2D eigenvalue weighted by Crippen LogP contribution is -2.43. The topological polar surface area (TPSA) is 110 Å². The number of amides is 1. The van der Waals surface area contributed by atoms with E-state index in [-0.39, 0.29) is 18.0 Å². The molecule has 0 spiro atoms. The van der Waals surface area contributed by atoms with E-state index in [0.29, 0.717) is 12.8 Å². The number of thioether (sulfide) groups is 1. The first-order chi connectivity index (χ1) is 18.4. The van der Waals surface area contributed by atoms with Crippen LogP contribution < -0.4 is 0 Å². The van der Waals surface area contributed by atoms with Crippen LogP contribution >= 0.6 is 19.1 Å². The number of esters is 2. The van der Waals surface area contributed by atoms with Gasteiger partial charge in [-0.2, -0.15) is 0 Å². The van der Waals surface area contributed by atoms with Gasteiger partial charge in [0, 0.05) is 22.9 Å². The normalized spacial score (nSPS) is 18.8. The molecule has 1 saturated heterocycles. The SMILES string of the molecule is CC(C)(C)C(=O)OCOC(=O)[C@@H]1C[C@H](Sc2ccccc2)CN1C(=O)CP(=O)(O)CCCCc1ccccc1. The maximum absolute atomic E-state index is 13.2. The van der Waals surface area contributed by atoms with Crippen molar-refractivity contribution in [2.24, 2.45) is 5.41 Å². The molecule has 10 heteroatoms. The van der Waals surface area contributed by atoms with Crippen molar-refractivity contribution in [3.05, 3.63) is 66.2 Å². The fraction of sp³-hybridized carbons (Fsp3) is 0.483. The number of carbonyl (C=O) groups excluding carboxylic acids is 3. The number of hydrogen-bond acceptors (Lipinski definition) is 7. The highest BCUT2D eigenvalue weighted by Gasteiger charge is 2.42. The molecule has 2 aromatic rings. The summed E-state index contributed by atoms with van der Waals surface area (Å²) in [5.74, 6) is -1.76. The summed E-state index contributed by atoms with van der Waals surface area (Å²) in [7, 11) is -3.74. The lowest BCUT2D eigenvalue weighted by atomic mass is 9.98. The molecule has 3 atom stereocenters. The number of ether oxygens (including phenoxy) is 2. The Hall–Kier alpha value is -2.61. The minimum Gasteiger partial charge on any atom is -0.427 e. The van der Waals surface area contributed by atoms with Crippen molar-refractivity contribution < 1.29 is 33.3 Å². The van der Waals surface area contributed by atoms with E-state index in [1.54, 1.807) is 20.8 Å². The Morgan fingerprint density at radius 1 is 1.00 bits per heavy atom. The van der Waals surface area contributed by atoms with Gasteiger partial charge in [-0.1, -0.05) is 48.5 Å². The quantitative estimate of drug-likeness (QED) is 0.161. The van der Waals surface area contributed by atoms with Crippen LogP contribution in [0.5, 0.6) is 0 Å². The molecule has 1 unspecified atom stereocenters. The molecule has 0 aromatic heterocycles. The molecule has 1 aliphatic heterocycles. The number of unbranched alkanes of at least 4 members (excludes halogenated alkanes) is 1. The number of aryl methyl sites for hydroxylation is 1. The fourth-order valence-corrected chi connectivity index (χ4v) is 6.93. The van der Waals surface area contributed by atoms with Crippen LogP contribution in [0.25, 0.3) is 0 Å². The summed E-state index contributed by atoms with van der Waals surface area (Å²) in [5, 5.41) is -0.102.